The Morgan fingerprint density at radius 1 is 0.962 bits per heavy atom. The van der Waals surface area contributed by atoms with E-state index >= 15 is 0 Å². The number of rotatable bonds is 3. The van der Waals surface area contributed by atoms with Crippen molar-refractivity contribution in [1.82, 2.24) is 4.98 Å². The molecule has 0 unspecified atom stereocenters. The van der Waals surface area contributed by atoms with Crippen molar-refractivity contribution in [2.45, 2.75) is 6.92 Å². The highest BCUT2D eigenvalue weighted by Crippen LogP contribution is 2.37. The molecule has 0 spiro atoms. The Hall–Kier alpha value is -3.18. The Morgan fingerprint density at radius 2 is 1.81 bits per heavy atom. The maximum absolute atomic E-state index is 10.4. The average Bonchev–Trinajstić information content (AvgIpc) is 3.06. The molecule has 5 heteroatoms. The van der Waals surface area contributed by atoms with Crippen LogP contribution in [0.5, 0.6) is 11.5 Å². The third kappa shape index (κ3) is 3.17. The molecule has 0 aliphatic rings. The third-order valence-electron chi connectivity index (χ3n) is 4.04. The molecule has 4 rings (SSSR count). The number of aromatic hydroxyl groups is 2. The lowest BCUT2D eigenvalue weighted by Gasteiger charge is -2.03. The SMILES string of the molecule is Cc1ccc(O)c(C=Nc2ccc(-c3nc4ccccc4s3)c(O)c2)c1. The molecule has 0 radical (unpaired) electrons. The van der Waals surface area contributed by atoms with Crippen LogP contribution in [0.1, 0.15) is 11.1 Å². The van der Waals surface area contributed by atoms with E-state index in [1.165, 1.54) is 0 Å². The summed E-state index contributed by atoms with van der Waals surface area (Å²) in [5.41, 5.74) is 3.89. The van der Waals surface area contributed by atoms with Gasteiger partial charge in [0.15, 0.2) is 0 Å². The number of phenolic OH excluding ortho intramolecular Hbond substituents is 2. The summed E-state index contributed by atoms with van der Waals surface area (Å²) in [6.45, 7) is 1.95. The second-order valence-electron chi connectivity index (χ2n) is 6.01. The van der Waals surface area contributed by atoms with Crippen LogP contribution < -0.4 is 0 Å². The van der Waals surface area contributed by atoms with Crippen molar-refractivity contribution in [2.75, 3.05) is 0 Å². The van der Waals surface area contributed by atoms with Crippen molar-refractivity contribution >= 4 is 33.5 Å². The van der Waals surface area contributed by atoms with Crippen LogP contribution in [0.3, 0.4) is 0 Å². The van der Waals surface area contributed by atoms with E-state index in [9.17, 15) is 10.2 Å². The first kappa shape index (κ1) is 16.3. The summed E-state index contributed by atoms with van der Waals surface area (Å²) >= 11 is 1.54. The minimum absolute atomic E-state index is 0.132. The van der Waals surface area contributed by atoms with E-state index in [0.717, 1.165) is 20.8 Å². The van der Waals surface area contributed by atoms with Gasteiger partial charge in [0.05, 0.1) is 21.5 Å². The lowest BCUT2D eigenvalue weighted by atomic mass is 10.1. The van der Waals surface area contributed by atoms with Gasteiger partial charge < -0.3 is 10.2 Å². The Bertz CT molecular complexity index is 1100. The largest absolute Gasteiger partial charge is 0.507 e. The van der Waals surface area contributed by atoms with Gasteiger partial charge in [-0.05, 0) is 43.3 Å². The Morgan fingerprint density at radius 3 is 2.62 bits per heavy atom. The molecule has 3 aromatic carbocycles. The molecule has 128 valence electrons. The minimum Gasteiger partial charge on any atom is -0.507 e. The summed E-state index contributed by atoms with van der Waals surface area (Å²) in [5.74, 6) is 0.307. The van der Waals surface area contributed by atoms with Crippen molar-refractivity contribution in [2.24, 2.45) is 4.99 Å². The Labute approximate surface area is 154 Å². The molecule has 4 nitrogen and oxygen atoms in total. The summed E-state index contributed by atoms with van der Waals surface area (Å²) in [6, 6.07) is 18.5. The fourth-order valence-electron chi connectivity index (χ4n) is 2.69. The fourth-order valence-corrected chi connectivity index (χ4v) is 3.69. The highest BCUT2D eigenvalue weighted by molar-refractivity contribution is 7.21. The number of aromatic nitrogens is 1. The molecule has 0 aliphatic heterocycles. The van der Waals surface area contributed by atoms with Gasteiger partial charge in [0.2, 0.25) is 0 Å². The molecule has 0 atom stereocenters. The number of aryl methyl sites for hydroxylation is 1. The molecular weight excluding hydrogens is 344 g/mol. The molecule has 1 heterocycles. The van der Waals surface area contributed by atoms with Gasteiger partial charge in [-0.15, -0.1) is 11.3 Å². The smallest absolute Gasteiger partial charge is 0.128 e. The quantitative estimate of drug-likeness (QED) is 0.479. The number of phenols is 2. The molecule has 1 aromatic heterocycles. The van der Waals surface area contributed by atoms with Gasteiger partial charge in [0.25, 0.3) is 0 Å². The van der Waals surface area contributed by atoms with Crippen molar-refractivity contribution in [1.29, 1.82) is 0 Å². The van der Waals surface area contributed by atoms with E-state index in [2.05, 4.69) is 9.98 Å². The zero-order valence-corrected chi connectivity index (χ0v) is 14.9. The zero-order chi connectivity index (χ0) is 18.1. The first-order valence-corrected chi connectivity index (χ1v) is 8.94. The van der Waals surface area contributed by atoms with Gasteiger partial charge in [0.1, 0.15) is 16.5 Å². The predicted molar refractivity (Wildman–Crippen MR) is 107 cm³/mol. The van der Waals surface area contributed by atoms with Crippen LogP contribution in [0.25, 0.3) is 20.8 Å². The monoisotopic (exact) mass is 360 g/mol. The normalized spacial score (nSPS) is 11.4. The number of nitrogens with zero attached hydrogens (tertiary/aromatic N) is 2. The predicted octanol–water partition coefficient (Wildman–Crippen LogP) is 5.43. The number of benzene rings is 3. The first-order valence-electron chi connectivity index (χ1n) is 8.13. The minimum atomic E-state index is 0.132. The molecule has 4 aromatic rings. The van der Waals surface area contributed by atoms with Crippen LogP contribution in [0.2, 0.25) is 0 Å². The number of thiazole rings is 1. The standard InChI is InChI=1S/C21H16N2O2S/c1-13-6-9-18(24)14(10-13)12-22-15-7-8-16(19(25)11-15)21-23-17-4-2-3-5-20(17)26-21/h2-12,24-25H,1H3. The molecule has 0 bridgehead atoms. The van der Waals surface area contributed by atoms with Gasteiger partial charge in [-0.25, -0.2) is 4.98 Å². The lowest BCUT2D eigenvalue weighted by Crippen LogP contribution is -1.84. The highest BCUT2D eigenvalue weighted by atomic mass is 32.1. The molecule has 0 amide bonds. The summed E-state index contributed by atoms with van der Waals surface area (Å²) in [4.78, 5) is 8.93. The molecule has 0 saturated heterocycles. The molecule has 2 N–H and O–H groups in total. The highest BCUT2D eigenvalue weighted by Gasteiger charge is 2.10. The number of hydrogen-bond donors (Lipinski definition) is 2. The Kier molecular flexibility index (Phi) is 4.14. The number of para-hydroxylation sites is 1. The van der Waals surface area contributed by atoms with Crippen molar-refractivity contribution in [3.05, 3.63) is 71.8 Å². The van der Waals surface area contributed by atoms with Gasteiger partial charge in [-0.3, -0.25) is 4.99 Å². The van der Waals surface area contributed by atoms with Crippen molar-refractivity contribution in [3.63, 3.8) is 0 Å². The molecule has 0 saturated carbocycles. The van der Waals surface area contributed by atoms with Crippen LogP contribution >= 0.6 is 11.3 Å². The second kappa shape index (κ2) is 6.61. The van der Waals surface area contributed by atoms with E-state index in [1.807, 2.05) is 55.5 Å². The fraction of sp³-hybridized carbons (Fsp3) is 0.0476. The van der Waals surface area contributed by atoms with Crippen molar-refractivity contribution in [3.8, 4) is 22.1 Å². The van der Waals surface area contributed by atoms with Crippen LogP contribution in [0.15, 0.2) is 65.7 Å². The first-order chi connectivity index (χ1) is 12.6. The summed E-state index contributed by atoms with van der Waals surface area (Å²) in [5, 5.41) is 21.1. The number of aliphatic imine (C=N–C) groups is 1. The maximum Gasteiger partial charge on any atom is 0.128 e. The van der Waals surface area contributed by atoms with E-state index in [0.29, 0.717) is 16.8 Å². The van der Waals surface area contributed by atoms with Crippen LogP contribution in [0.4, 0.5) is 5.69 Å². The third-order valence-corrected chi connectivity index (χ3v) is 5.11. The van der Waals surface area contributed by atoms with E-state index in [-0.39, 0.29) is 11.5 Å². The topological polar surface area (TPSA) is 65.7 Å². The number of hydrogen-bond acceptors (Lipinski definition) is 5. The summed E-state index contributed by atoms with van der Waals surface area (Å²) in [6.07, 6.45) is 1.59. The van der Waals surface area contributed by atoms with Gasteiger partial charge in [-0.1, -0.05) is 23.8 Å². The van der Waals surface area contributed by atoms with Gasteiger partial charge in [-0.2, -0.15) is 0 Å². The zero-order valence-electron chi connectivity index (χ0n) is 14.0. The van der Waals surface area contributed by atoms with E-state index in [4.69, 9.17) is 0 Å². The van der Waals surface area contributed by atoms with Crippen molar-refractivity contribution < 1.29 is 10.2 Å². The van der Waals surface area contributed by atoms with E-state index < -0.39 is 0 Å². The van der Waals surface area contributed by atoms with Crippen LogP contribution in [-0.2, 0) is 0 Å². The van der Waals surface area contributed by atoms with Gasteiger partial charge in [0, 0.05) is 17.8 Å². The van der Waals surface area contributed by atoms with Crippen LogP contribution in [-0.4, -0.2) is 21.4 Å². The number of fused-ring (bicyclic) bond motifs is 1. The lowest BCUT2D eigenvalue weighted by molar-refractivity contribution is 0.474. The maximum atomic E-state index is 10.4. The van der Waals surface area contributed by atoms with Crippen LogP contribution in [0, 0.1) is 6.92 Å². The summed E-state index contributed by atoms with van der Waals surface area (Å²) < 4.78 is 1.08. The Balaban J connectivity index is 1.65. The molecule has 0 fully saturated rings. The molecule has 26 heavy (non-hydrogen) atoms. The van der Waals surface area contributed by atoms with E-state index in [1.54, 1.807) is 29.7 Å². The summed E-state index contributed by atoms with van der Waals surface area (Å²) in [7, 11) is 0. The molecule has 0 aliphatic carbocycles. The molecular formula is C21H16N2O2S. The second-order valence-corrected chi connectivity index (χ2v) is 7.04. The van der Waals surface area contributed by atoms with Gasteiger partial charge >= 0.3 is 0 Å². The average molecular weight is 360 g/mol.